The number of aromatic nitrogens is 1. The number of carbonyl (C=O) groups excluding carboxylic acids is 1. The summed E-state index contributed by atoms with van der Waals surface area (Å²) in [6.45, 7) is 3.72. The van der Waals surface area contributed by atoms with Crippen molar-refractivity contribution < 1.29 is 9.18 Å². The van der Waals surface area contributed by atoms with Gasteiger partial charge < -0.3 is 4.90 Å². The Hall–Kier alpha value is -1.49. The van der Waals surface area contributed by atoms with Crippen LogP contribution in [0.1, 0.15) is 29.6 Å². The van der Waals surface area contributed by atoms with Gasteiger partial charge in [0.15, 0.2) is 5.82 Å². The number of amides is 1. The number of rotatable bonds is 2. The third-order valence-electron chi connectivity index (χ3n) is 4.11. The van der Waals surface area contributed by atoms with Crippen LogP contribution in [0, 0.1) is 5.82 Å². The average molecular weight is 263 g/mol. The predicted molar refractivity (Wildman–Crippen MR) is 69.3 cm³/mol. The van der Waals surface area contributed by atoms with Crippen molar-refractivity contribution in [1.82, 2.24) is 14.8 Å². The quantitative estimate of drug-likeness (QED) is 0.812. The van der Waals surface area contributed by atoms with E-state index in [4.69, 9.17) is 0 Å². The van der Waals surface area contributed by atoms with E-state index in [0.717, 1.165) is 38.8 Å². The highest BCUT2D eigenvalue weighted by Gasteiger charge is 2.32. The standard InChI is InChI=1S/C14H18FN3O/c15-13-9-16-5-3-12(13)14(19)18-8-4-11(10-18)17-6-1-2-7-17/h3,5,9,11H,1-2,4,6-8,10H2. The normalized spacial score (nSPS) is 24.1. The van der Waals surface area contributed by atoms with Gasteiger partial charge in [0.2, 0.25) is 0 Å². The zero-order valence-corrected chi connectivity index (χ0v) is 10.9. The fraction of sp³-hybridized carbons (Fsp3) is 0.571. The number of carbonyl (C=O) groups is 1. The predicted octanol–water partition coefficient (Wildman–Crippen LogP) is 1.53. The van der Waals surface area contributed by atoms with Gasteiger partial charge in [0.25, 0.3) is 5.91 Å². The molecule has 2 saturated heterocycles. The zero-order chi connectivity index (χ0) is 13.2. The molecule has 0 spiro atoms. The molecule has 0 aromatic carbocycles. The highest BCUT2D eigenvalue weighted by molar-refractivity contribution is 5.94. The van der Waals surface area contributed by atoms with Crippen molar-refractivity contribution in [2.24, 2.45) is 0 Å². The maximum absolute atomic E-state index is 13.6. The van der Waals surface area contributed by atoms with Gasteiger partial charge in [-0.1, -0.05) is 0 Å². The second-order valence-corrected chi connectivity index (χ2v) is 5.29. The summed E-state index contributed by atoms with van der Waals surface area (Å²) >= 11 is 0. The van der Waals surface area contributed by atoms with Gasteiger partial charge in [-0.3, -0.25) is 14.7 Å². The smallest absolute Gasteiger partial charge is 0.256 e. The van der Waals surface area contributed by atoms with Gasteiger partial charge >= 0.3 is 0 Å². The Labute approximate surface area is 112 Å². The molecule has 1 unspecified atom stereocenters. The molecule has 1 amide bonds. The molecular formula is C14H18FN3O. The molecule has 1 atom stereocenters. The summed E-state index contributed by atoms with van der Waals surface area (Å²) in [4.78, 5) is 20.2. The van der Waals surface area contributed by atoms with E-state index in [9.17, 15) is 9.18 Å². The minimum absolute atomic E-state index is 0.136. The molecule has 2 aliphatic rings. The molecule has 0 saturated carbocycles. The molecule has 0 bridgehead atoms. The van der Waals surface area contributed by atoms with Gasteiger partial charge in [0.05, 0.1) is 11.8 Å². The van der Waals surface area contributed by atoms with E-state index in [1.54, 1.807) is 4.90 Å². The Morgan fingerprint density at radius 3 is 2.84 bits per heavy atom. The van der Waals surface area contributed by atoms with Gasteiger partial charge in [-0.25, -0.2) is 4.39 Å². The van der Waals surface area contributed by atoms with Gasteiger partial charge in [0, 0.05) is 25.3 Å². The average Bonchev–Trinajstić information content (AvgIpc) is 3.09. The highest BCUT2D eigenvalue weighted by atomic mass is 19.1. The van der Waals surface area contributed by atoms with Crippen LogP contribution in [0.25, 0.3) is 0 Å². The second kappa shape index (κ2) is 5.25. The first-order valence-corrected chi connectivity index (χ1v) is 6.88. The van der Waals surface area contributed by atoms with Crippen LogP contribution in [-0.2, 0) is 0 Å². The fourth-order valence-electron chi connectivity index (χ4n) is 3.05. The number of hydrogen-bond acceptors (Lipinski definition) is 3. The third-order valence-corrected chi connectivity index (χ3v) is 4.11. The molecule has 2 fully saturated rings. The zero-order valence-electron chi connectivity index (χ0n) is 10.9. The molecule has 0 aliphatic carbocycles. The van der Waals surface area contributed by atoms with E-state index in [1.807, 2.05) is 0 Å². The lowest BCUT2D eigenvalue weighted by atomic mass is 10.2. The first-order valence-electron chi connectivity index (χ1n) is 6.88. The molecular weight excluding hydrogens is 245 g/mol. The molecule has 1 aromatic heterocycles. The summed E-state index contributed by atoms with van der Waals surface area (Å²) in [6.07, 6.45) is 6.07. The van der Waals surface area contributed by atoms with Gasteiger partial charge in [0.1, 0.15) is 0 Å². The van der Waals surface area contributed by atoms with Crippen LogP contribution >= 0.6 is 0 Å². The molecule has 1 aromatic rings. The first kappa shape index (κ1) is 12.5. The molecule has 102 valence electrons. The molecule has 0 radical (unpaired) electrons. The highest BCUT2D eigenvalue weighted by Crippen LogP contribution is 2.22. The summed E-state index contributed by atoms with van der Waals surface area (Å²) in [5.74, 6) is -0.737. The summed E-state index contributed by atoms with van der Waals surface area (Å²) in [5.41, 5.74) is 0.136. The van der Waals surface area contributed by atoms with Crippen LogP contribution in [0.5, 0.6) is 0 Å². The lowest BCUT2D eigenvalue weighted by Crippen LogP contribution is -2.37. The summed E-state index contributed by atoms with van der Waals surface area (Å²) < 4.78 is 13.6. The Morgan fingerprint density at radius 2 is 2.11 bits per heavy atom. The van der Waals surface area contributed by atoms with E-state index in [1.165, 1.54) is 25.1 Å². The molecule has 5 heteroatoms. The van der Waals surface area contributed by atoms with Crippen LogP contribution in [-0.4, -0.2) is 52.9 Å². The van der Waals surface area contributed by atoms with Crippen molar-refractivity contribution in [1.29, 1.82) is 0 Å². The van der Waals surface area contributed by atoms with Crippen LogP contribution < -0.4 is 0 Å². The Kier molecular flexibility index (Phi) is 3.46. The maximum Gasteiger partial charge on any atom is 0.256 e. The molecule has 3 heterocycles. The second-order valence-electron chi connectivity index (χ2n) is 5.29. The SMILES string of the molecule is O=C(c1ccncc1F)N1CCC(N2CCCC2)C1. The number of likely N-dealkylation sites (tertiary alicyclic amines) is 2. The van der Waals surface area contributed by atoms with Crippen LogP contribution in [0.15, 0.2) is 18.5 Å². The van der Waals surface area contributed by atoms with Crippen molar-refractivity contribution in [2.45, 2.75) is 25.3 Å². The molecule has 19 heavy (non-hydrogen) atoms. The molecule has 2 aliphatic heterocycles. The third kappa shape index (κ3) is 2.47. The number of nitrogens with zero attached hydrogens (tertiary/aromatic N) is 3. The van der Waals surface area contributed by atoms with E-state index >= 15 is 0 Å². The van der Waals surface area contributed by atoms with E-state index in [-0.39, 0.29) is 11.5 Å². The molecule has 0 N–H and O–H groups in total. The topological polar surface area (TPSA) is 36.4 Å². The molecule has 4 nitrogen and oxygen atoms in total. The Balaban J connectivity index is 1.67. The number of halogens is 1. The summed E-state index contributed by atoms with van der Waals surface area (Å²) in [5, 5.41) is 0. The van der Waals surface area contributed by atoms with E-state index in [0.29, 0.717) is 6.04 Å². The minimum atomic E-state index is -0.530. The Bertz CT molecular complexity index is 474. The fourth-order valence-corrected chi connectivity index (χ4v) is 3.05. The van der Waals surface area contributed by atoms with E-state index < -0.39 is 5.82 Å². The van der Waals surface area contributed by atoms with Gasteiger partial charge in [-0.15, -0.1) is 0 Å². The monoisotopic (exact) mass is 263 g/mol. The van der Waals surface area contributed by atoms with E-state index in [2.05, 4.69) is 9.88 Å². The van der Waals surface area contributed by atoms with Gasteiger partial charge in [-0.2, -0.15) is 0 Å². The maximum atomic E-state index is 13.6. The number of hydrogen-bond donors (Lipinski definition) is 0. The van der Waals surface area contributed by atoms with Gasteiger partial charge in [-0.05, 0) is 38.4 Å². The van der Waals surface area contributed by atoms with Crippen molar-refractivity contribution in [3.05, 3.63) is 29.8 Å². The van der Waals surface area contributed by atoms with Crippen molar-refractivity contribution in [2.75, 3.05) is 26.2 Å². The number of pyridine rings is 1. The summed E-state index contributed by atoms with van der Waals surface area (Å²) in [7, 11) is 0. The largest absolute Gasteiger partial charge is 0.337 e. The lowest BCUT2D eigenvalue weighted by Gasteiger charge is -2.23. The lowest BCUT2D eigenvalue weighted by molar-refractivity contribution is 0.0775. The summed E-state index contributed by atoms with van der Waals surface area (Å²) in [6, 6.07) is 1.91. The minimum Gasteiger partial charge on any atom is -0.337 e. The van der Waals surface area contributed by atoms with Crippen molar-refractivity contribution >= 4 is 5.91 Å². The van der Waals surface area contributed by atoms with Crippen LogP contribution in [0.2, 0.25) is 0 Å². The van der Waals surface area contributed by atoms with Crippen molar-refractivity contribution in [3.63, 3.8) is 0 Å². The Morgan fingerprint density at radius 1 is 1.32 bits per heavy atom. The van der Waals surface area contributed by atoms with Crippen molar-refractivity contribution in [3.8, 4) is 0 Å². The molecule has 3 rings (SSSR count). The first-order chi connectivity index (χ1) is 9.25. The van der Waals surface area contributed by atoms with Crippen LogP contribution in [0.4, 0.5) is 4.39 Å². The van der Waals surface area contributed by atoms with Crippen LogP contribution in [0.3, 0.4) is 0 Å².